The molecule has 0 aliphatic rings. The van der Waals surface area contributed by atoms with Crippen LogP contribution < -0.4 is 10.0 Å². The minimum absolute atomic E-state index is 0.125. The second-order valence-corrected chi connectivity index (χ2v) is 7.86. The molecule has 2 N–H and O–H groups in total. The number of para-hydroxylation sites is 1. The zero-order valence-electron chi connectivity index (χ0n) is 15.4. The van der Waals surface area contributed by atoms with Gasteiger partial charge in [0.25, 0.3) is 10.0 Å². The number of hydrogen-bond acceptors (Lipinski definition) is 3. The summed E-state index contributed by atoms with van der Waals surface area (Å²) in [5.41, 5.74) is 1.56. The number of benzene rings is 3. The van der Waals surface area contributed by atoms with Crippen molar-refractivity contribution < 1.29 is 17.6 Å². The Morgan fingerprint density at radius 2 is 1.66 bits per heavy atom. The van der Waals surface area contributed by atoms with Gasteiger partial charge in [0.15, 0.2) is 0 Å². The molecule has 0 aliphatic carbocycles. The molecule has 7 heteroatoms. The first-order chi connectivity index (χ1) is 13.9. The van der Waals surface area contributed by atoms with Crippen molar-refractivity contribution in [2.45, 2.75) is 11.4 Å². The molecule has 0 fully saturated rings. The van der Waals surface area contributed by atoms with Gasteiger partial charge in [0, 0.05) is 12.6 Å². The third-order valence-corrected chi connectivity index (χ3v) is 5.43. The summed E-state index contributed by atoms with van der Waals surface area (Å²) in [4.78, 5) is 12.2. The summed E-state index contributed by atoms with van der Waals surface area (Å²) in [5, 5.41) is 2.70. The minimum Gasteiger partial charge on any atom is -0.348 e. The van der Waals surface area contributed by atoms with E-state index in [9.17, 15) is 17.6 Å². The van der Waals surface area contributed by atoms with E-state index in [1.165, 1.54) is 36.4 Å². The number of amides is 1. The predicted octanol–water partition coefficient (Wildman–Crippen LogP) is 3.96. The van der Waals surface area contributed by atoms with Crippen molar-refractivity contribution >= 4 is 27.7 Å². The van der Waals surface area contributed by atoms with E-state index >= 15 is 0 Å². The van der Waals surface area contributed by atoms with Crippen LogP contribution in [-0.2, 0) is 21.4 Å². The Morgan fingerprint density at radius 1 is 0.931 bits per heavy atom. The van der Waals surface area contributed by atoms with E-state index < -0.39 is 10.0 Å². The molecule has 0 saturated carbocycles. The fourth-order valence-corrected chi connectivity index (χ4v) is 3.72. The van der Waals surface area contributed by atoms with Crippen LogP contribution in [0.1, 0.15) is 11.1 Å². The summed E-state index contributed by atoms with van der Waals surface area (Å²) < 4.78 is 40.8. The molecule has 0 bridgehead atoms. The molecule has 3 aromatic carbocycles. The molecule has 29 heavy (non-hydrogen) atoms. The monoisotopic (exact) mass is 410 g/mol. The standard InChI is InChI=1S/C22H19FN2O3S/c23-19-9-6-7-17(15-19)13-14-22(26)24-16-18-8-4-5-12-21(18)25-29(27,28)20-10-2-1-3-11-20/h1-15,25H,16H2,(H,24,26). The first-order valence-corrected chi connectivity index (χ1v) is 10.3. The van der Waals surface area contributed by atoms with Crippen LogP contribution in [0.15, 0.2) is 89.8 Å². The van der Waals surface area contributed by atoms with Gasteiger partial charge in [0.2, 0.25) is 5.91 Å². The lowest BCUT2D eigenvalue weighted by Gasteiger charge is -2.13. The van der Waals surface area contributed by atoms with Crippen molar-refractivity contribution in [2.24, 2.45) is 0 Å². The van der Waals surface area contributed by atoms with Gasteiger partial charge in [-0.3, -0.25) is 9.52 Å². The van der Waals surface area contributed by atoms with E-state index in [0.29, 0.717) is 16.8 Å². The lowest BCUT2D eigenvalue weighted by Crippen LogP contribution is -2.22. The van der Waals surface area contributed by atoms with Crippen molar-refractivity contribution in [1.29, 1.82) is 0 Å². The van der Waals surface area contributed by atoms with E-state index in [0.717, 1.165) is 0 Å². The Kier molecular flexibility index (Phi) is 6.41. The van der Waals surface area contributed by atoms with Crippen LogP contribution in [0.25, 0.3) is 6.08 Å². The van der Waals surface area contributed by atoms with Crippen LogP contribution in [0.5, 0.6) is 0 Å². The fourth-order valence-electron chi connectivity index (χ4n) is 2.60. The van der Waals surface area contributed by atoms with Gasteiger partial charge in [-0.15, -0.1) is 0 Å². The van der Waals surface area contributed by atoms with Crippen molar-refractivity contribution in [3.8, 4) is 0 Å². The Bertz CT molecular complexity index is 1130. The molecule has 1 amide bonds. The zero-order valence-corrected chi connectivity index (χ0v) is 16.2. The van der Waals surface area contributed by atoms with Crippen molar-refractivity contribution in [3.05, 3.63) is 102 Å². The van der Waals surface area contributed by atoms with E-state index in [1.54, 1.807) is 54.6 Å². The van der Waals surface area contributed by atoms with E-state index in [2.05, 4.69) is 10.0 Å². The van der Waals surface area contributed by atoms with Crippen molar-refractivity contribution in [2.75, 3.05) is 4.72 Å². The highest BCUT2D eigenvalue weighted by Crippen LogP contribution is 2.20. The third-order valence-electron chi connectivity index (χ3n) is 4.04. The molecule has 3 aromatic rings. The first kappa shape index (κ1) is 20.3. The molecular formula is C22H19FN2O3S. The highest BCUT2D eigenvalue weighted by atomic mass is 32.2. The maximum Gasteiger partial charge on any atom is 0.261 e. The zero-order chi connectivity index (χ0) is 20.7. The van der Waals surface area contributed by atoms with Crippen LogP contribution in [0.2, 0.25) is 0 Å². The lowest BCUT2D eigenvalue weighted by atomic mass is 10.2. The van der Waals surface area contributed by atoms with Crippen LogP contribution in [-0.4, -0.2) is 14.3 Å². The SMILES string of the molecule is O=C(C=Cc1cccc(F)c1)NCc1ccccc1NS(=O)(=O)c1ccccc1. The molecule has 0 heterocycles. The second-order valence-electron chi connectivity index (χ2n) is 6.18. The molecule has 0 unspecified atom stereocenters. The van der Waals surface area contributed by atoms with Crippen LogP contribution in [0.4, 0.5) is 10.1 Å². The van der Waals surface area contributed by atoms with Crippen LogP contribution in [0.3, 0.4) is 0 Å². The lowest BCUT2D eigenvalue weighted by molar-refractivity contribution is -0.116. The quantitative estimate of drug-likeness (QED) is 0.579. The van der Waals surface area contributed by atoms with E-state index in [-0.39, 0.29) is 23.2 Å². The summed E-state index contributed by atoms with van der Waals surface area (Å²) in [6.07, 6.45) is 2.80. The Balaban J connectivity index is 1.67. The molecule has 0 radical (unpaired) electrons. The molecule has 0 spiro atoms. The van der Waals surface area contributed by atoms with Gasteiger partial charge >= 0.3 is 0 Å². The number of carbonyl (C=O) groups is 1. The van der Waals surface area contributed by atoms with E-state index in [4.69, 9.17) is 0 Å². The van der Waals surface area contributed by atoms with Gasteiger partial charge in [0.05, 0.1) is 10.6 Å². The normalized spacial score (nSPS) is 11.3. The number of hydrogen-bond donors (Lipinski definition) is 2. The Hall–Kier alpha value is -3.45. The number of sulfonamides is 1. The largest absolute Gasteiger partial charge is 0.348 e. The third kappa shape index (κ3) is 5.76. The number of carbonyl (C=O) groups excluding carboxylic acids is 1. The Morgan fingerprint density at radius 3 is 2.41 bits per heavy atom. The average molecular weight is 410 g/mol. The summed E-state index contributed by atoms with van der Waals surface area (Å²) in [6, 6.07) is 20.7. The topological polar surface area (TPSA) is 75.3 Å². The second kappa shape index (κ2) is 9.16. The van der Waals surface area contributed by atoms with Gasteiger partial charge in [-0.05, 0) is 47.5 Å². The molecule has 0 aliphatic heterocycles. The van der Waals surface area contributed by atoms with Crippen molar-refractivity contribution in [1.82, 2.24) is 5.32 Å². The summed E-state index contributed by atoms with van der Waals surface area (Å²) in [5.74, 6) is -0.762. The van der Waals surface area contributed by atoms with Gasteiger partial charge in [0.1, 0.15) is 5.82 Å². The highest BCUT2D eigenvalue weighted by Gasteiger charge is 2.15. The molecule has 0 aromatic heterocycles. The van der Waals surface area contributed by atoms with Gasteiger partial charge < -0.3 is 5.32 Å². The molecule has 0 atom stereocenters. The van der Waals surface area contributed by atoms with Crippen molar-refractivity contribution in [3.63, 3.8) is 0 Å². The molecular weight excluding hydrogens is 391 g/mol. The molecule has 5 nitrogen and oxygen atoms in total. The van der Waals surface area contributed by atoms with Gasteiger partial charge in [-0.25, -0.2) is 12.8 Å². The van der Waals surface area contributed by atoms with Gasteiger partial charge in [-0.2, -0.15) is 0 Å². The smallest absolute Gasteiger partial charge is 0.261 e. The number of anilines is 1. The Labute approximate surface area is 169 Å². The molecule has 0 saturated heterocycles. The molecule has 148 valence electrons. The van der Waals surface area contributed by atoms with Crippen LogP contribution >= 0.6 is 0 Å². The van der Waals surface area contributed by atoms with Gasteiger partial charge in [-0.1, -0.05) is 48.5 Å². The maximum absolute atomic E-state index is 13.2. The minimum atomic E-state index is -3.74. The summed E-state index contributed by atoms with van der Waals surface area (Å²) in [7, 11) is -3.74. The van der Waals surface area contributed by atoms with Crippen LogP contribution in [0, 0.1) is 5.82 Å². The number of halogens is 1. The first-order valence-electron chi connectivity index (χ1n) is 8.81. The summed E-state index contributed by atoms with van der Waals surface area (Å²) >= 11 is 0. The molecule has 3 rings (SSSR count). The number of nitrogens with one attached hydrogen (secondary N) is 2. The highest BCUT2D eigenvalue weighted by molar-refractivity contribution is 7.92. The maximum atomic E-state index is 13.2. The summed E-state index contributed by atoms with van der Waals surface area (Å²) in [6.45, 7) is 0.125. The average Bonchev–Trinajstić information content (AvgIpc) is 2.72. The predicted molar refractivity (Wildman–Crippen MR) is 111 cm³/mol. The van der Waals surface area contributed by atoms with E-state index in [1.807, 2.05) is 0 Å². The number of rotatable bonds is 7. The fraction of sp³-hybridized carbons (Fsp3) is 0.0455.